The van der Waals surface area contributed by atoms with Gasteiger partial charge in [0.1, 0.15) is 5.75 Å². The molecule has 1 heterocycles. The van der Waals surface area contributed by atoms with Crippen molar-refractivity contribution in [2.24, 2.45) is 5.73 Å². The van der Waals surface area contributed by atoms with E-state index in [1.807, 2.05) is 12.1 Å². The molecule has 1 fully saturated rings. The first-order chi connectivity index (χ1) is 6.75. The summed E-state index contributed by atoms with van der Waals surface area (Å²) in [5, 5.41) is 9.08. The molecule has 1 unspecified atom stereocenters. The molecule has 1 aromatic carbocycles. The molecule has 0 amide bonds. The maximum atomic E-state index is 9.08. The number of benzene rings is 1. The summed E-state index contributed by atoms with van der Waals surface area (Å²) in [6, 6.07) is 7.00. The van der Waals surface area contributed by atoms with Gasteiger partial charge in [-0.2, -0.15) is 0 Å². The lowest BCUT2D eigenvalue weighted by molar-refractivity contribution is 0.0344. The first-order valence-corrected chi connectivity index (χ1v) is 5.59. The smallest absolute Gasteiger partial charge is 0.193 e. The Balaban J connectivity index is 1.92. The zero-order valence-corrected chi connectivity index (χ0v) is 8.48. The topological polar surface area (TPSA) is 64.7 Å². The fourth-order valence-corrected chi connectivity index (χ4v) is 2.22. The van der Waals surface area contributed by atoms with Gasteiger partial charge < -0.3 is 19.9 Å². The molecule has 1 aliphatic heterocycles. The van der Waals surface area contributed by atoms with E-state index < -0.39 is 8.38 Å². The number of hydrogen-bond donors (Lipinski definition) is 2. The van der Waals surface area contributed by atoms with Gasteiger partial charge >= 0.3 is 0 Å². The number of hydrogen-bond acceptors (Lipinski definition) is 4. The van der Waals surface area contributed by atoms with Crippen LogP contribution >= 0.6 is 8.38 Å². The van der Waals surface area contributed by atoms with Crippen molar-refractivity contribution >= 4 is 8.38 Å². The van der Waals surface area contributed by atoms with Crippen molar-refractivity contribution in [3.05, 3.63) is 29.8 Å². The Hall–Kier alpha value is -0.670. The zero-order chi connectivity index (χ0) is 9.97. The molecule has 0 spiro atoms. The van der Waals surface area contributed by atoms with Crippen LogP contribution in [0.2, 0.25) is 0 Å². The fraction of sp³-hybridized carbons (Fsp3) is 0.333. The molecular weight excluding hydrogens is 201 g/mol. The highest BCUT2D eigenvalue weighted by atomic mass is 31.2. The normalized spacial score (nSPS) is 18.9. The second-order valence-electron chi connectivity index (χ2n) is 3.10. The molecule has 3 N–H and O–H groups in total. The molecular formula is C9H12NO3P. The summed E-state index contributed by atoms with van der Waals surface area (Å²) in [5.41, 5.74) is 6.95. The van der Waals surface area contributed by atoms with Crippen molar-refractivity contribution < 1.29 is 14.2 Å². The Labute approximate surface area is 83.6 Å². The fourth-order valence-electron chi connectivity index (χ4n) is 1.25. The maximum absolute atomic E-state index is 9.08. The third-order valence-corrected chi connectivity index (χ3v) is 3.46. The van der Waals surface area contributed by atoms with Crippen LogP contribution in [0.25, 0.3) is 0 Å². The van der Waals surface area contributed by atoms with E-state index in [-0.39, 0.29) is 11.5 Å². The van der Waals surface area contributed by atoms with Crippen molar-refractivity contribution in [3.8, 4) is 5.75 Å². The van der Waals surface area contributed by atoms with E-state index in [2.05, 4.69) is 0 Å². The Morgan fingerprint density at radius 3 is 2.50 bits per heavy atom. The standard InChI is InChI=1S/C9H12NO3P/c10-9(14-12-6-13-14)5-7-1-3-8(11)4-2-7/h1-4,9,11H,5-6,10H2. The summed E-state index contributed by atoms with van der Waals surface area (Å²) in [6.45, 7) is 0.370. The van der Waals surface area contributed by atoms with Gasteiger partial charge in [-0.05, 0) is 24.1 Å². The predicted octanol–water partition coefficient (Wildman–Crippen LogP) is 1.54. The number of phenolic OH excluding ortho intramolecular Hbond substituents is 1. The molecule has 76 valence electrons. The Kier molecular flexibility index (Phi) is 2.99. The average molecular weight is 213 g/mol. The first kappa shape index (κ1) is 9.87. The van der Waals surface area contributed by atoms with Crippen molar-refractivity contribution in [2.75, 3.05) is 6.79 Å². The highest BCUT2D eigenvalue weighted by molar-refractivity contribution is 7.49. The molecule has 4 nitrogen and oxygen atoms in total. The maximum Gasteiger partial charge on any atom is 0.193 e. The Bertz CT molecular complexity index is 299. The van der Waals surface area contributed by atoms with E-state index in [9.17, 15) is 0 Å². The molecule has 0 saturated carbocycles. The van der Waals surface area contributed by atoms with Crippen LogP contribution in [0.1, 0.15) is 5.56 Å². The van der Waals surface area contributed by atoms with Gasteiger partial charge in [0.25, 0.3) is 0 Å². The van der Waals surface area contributed by atoms with Crippen LogP contribution < -0.4 is 5.73 Å². The molecule has 1 aliphatic rings. The van der Waals surface area contributed by atoms with Crippen molar-refractivity contribution in [2.45, 2.75) is 12.2 Å². The summed E-state index contributed by atoms with van der Waals surface area (Å²) in [7, 11) is -0.875. The van der Waals surface area contributed by atoms with Crippen molar-refractivity contribution in [3.63, 3.8) is 0 Å². The van der Waals surface area contributed by atoms with Crippen LogP contribution in [0, 0.1) is 0 Å². The van der Waals surface area contributed by atoms with E-state index in [0.29, 0.717) is 13.2 Å². The zero-order valence-electron chi connectivity index (χ0n) is 7.59. The van der Waals surface area contributed by atoms with Crippen LogP contribution in [-0.4, -0.2) is 17.7 Å². The molecule has 0 aromatic heterocycles. The van der Waals surface area contributed by atoms with E-state index >= 15 is 0 Å². The van der Waals surface area contributed by atoms with Crippen LogP contribution in [0.4, 0.5) is 0 Å². The van der Waals surface area contributed by atoms with Gasteiger partial charge in [0.2, 0.25) is 0 Å². The lowest BCUT2D eigenvalue weighted by atomic mass is 10.1. The van der Waals surface area contributed by atoms with Crippen LogP contribution in [0.15, 0.2) is 24.3 Å². The molecule has 14 heavy (non-hydrogen) atoms. The van der Waals surface area contributed by atoms with Gasteiger partial charge in [-0.25, -0.2) is 0 Å². The number of nitrogens with two attached hydrogens (primary N) is 1. The third-order valence-electron chi connectivity index (χ3n) is 2.01. The van der Waals surface area contributed by atoms with Gasteiger partial charge in [0, 0.05) is 0 Å². The molecule has 1 aromatic rings. The summed E-state index contributed by atoms with van der Waals surface area (Å²) in [4.78, 5) is 0. The monoisotopic (exact) mass is 213 g/mol. The number of phenols is 1. The molecule has 0 bridgehead atoms. The summed E-state index contributed by atoms with van der Waals surface area (Å²) >= 11 is 0. The van der Waals surface area contributed by atoms with E-state index in [1.54, 1.807) is 12.1 Å². The highest BCUT2D eigenvalue weighted by Gasteiger charge is 2.27. The van der Waals surface area contributed by atoms with E-state index in [4.69, 9.17) is 19.9 Å². The largest absolute Gasteiger partial charge is 0.508 e. The molecule has 0 radical (unpaired) electrons. The van der Waals surface area contributed by atoms with Crippen molar-refractivity contribution in [1.82, 2.24) is 0 Å². The predicted molar refractivity (Wildman–Crippen MR) is 53.7 cm³/mol. The lowest BCUT2D eigenvalue weighted by Gasteiger charge is -2.30. The minimum absolute atomic E-state index is 0.0803. The van der Waals surface area contributed by atoms with Gasteiger partial charge in [0.15, 0.2) is 15.2 Å². The van der Waals surface area contributed by atoms with E-state index in [0.717, 1.165) is 5.56 Å². The van der Waals surface area contributed by atoms with Crippen molar-refractivity contribution in [1.29, 1.82) is 0 Å². The number of rotatable bonds is 3. The second kappa shape index (κ2) is 4.24. The van der Waals surface area contributed by atoms with Gasteiger partial charge in [-0.3, -0.25) is 0 Å². The summed E-state index contributed by atoms with van der Waals surface area (Å²) < 4.78 is 10.3. The van der Waals surface area contributed by atoms with Gasteiger partial charge in [0.05, 0.1) is 5.78 Å². The SMILES string of the molecule is NC(Cc1ccc(O)cc1)P1OCO1. The number of aromatic hydroxyl groups is 1. The Morgan fingerprint density at radius 2 is 2.00 bits per heavy atom. The van der Waals surface area contributed by atoms with Crippen LogP contribution in [0.3, 0.4) is 0 Å². The molecule has 0 aliphatic carbocycles. The summed E-state index contributed by atoms with van der Waals surface area (Å²) in [6.07, 6.45) is 0.714. The first-order valence-electron chi connectivity index (χ1n) is 4.34. The summed E-state index contributed by atoms with van der Waals surface area (Å²) in [5.74, 6) is 0.187. The third kappa shape index (κ3) is 2.22. The quantitative estimate of drug-likeness (QED) is 0.747. The van der Waals surface area contributed by atoms with Crippen LogP contribution in [-0.2, 0) is 15.5 Å². The van der Waals surface area contributed by atoms with E-state index in [1.165, 1.54) is 0 Å². The van der Waals surface area contributed by atoms with Gasteiger partial charge in [-0.15, -0.1) is 0 Å². The average Bonchev–Trinajstić information content (AvgIpc) is 2.06. The highest BCUT2D eigenvalue weighted by Crippen LogP contribution is 2.49. The second-order valence-corrected chi connectivity index (χ2v) is 4.85. The Morgan fingerprint density at radius 1 is 1.36 bits per heavy atom. The molecule has 1 atom stereocenters. The van der Waals surface area contributed by atoms with Gasteiger partial charge in [-0.1, -0.05) is 12.1 Å². The minimum atomic E-state index is -0.875. The molecule has 2 rings (SSSR count). The minimum Gasteiger partial charge on any atom is -0.508 e. The lowest BCUT2D eigenvalue weighted by Crippen LogP contribution is -2.27. The van der Waals surface area contributed by atoms with Crippen LogP contribution in [0.5, 0.6) is 5.75 Å². The molecule has 5 heteroatoms. The molecule has 1 saturated heterocycles.